The summed E-state index contributed by atoms with van der Waals surface area (Å²) in [5.41, 5.74) is 0.892. The minimum Gasteiger partial charge on any atom is -0.452 e. The van der Waals surface area contributed by atoms with Gasteiger partial charge in [0.15, 0.2) is 6.61 Å². The van der Waals surface area contributed by atoms with Gasteiger partial charge in [0.1, 0.15) is 0 Å². The lowest BCUT2D eigenvalue weighted by atomic mass is 9.97. The van der Waals surface area contributed by atoms with Crippen LogP contribution in [0.25, 0.3) is 0 Å². The molecule has 0 N–H and O–H groups in total. The van der Waals surface area contributed by atoms with Crippen LogP contribution in [0.3, 0.4) is 0 Å². The summed E-state index contributed by atoms with van der Waals surface area (Å²) >= 11 is 0. The van der Waals surface area contributed by atoms with Gasteiger partial charge < -0.3 is 9.64 Å². The van der Waals surface area contributed by atoms with Crippen LogP contribution in [-0.2, 0) is 26.1 Å². The first-order valence-corrected chi connectivity index (χ1v) is 9.80. The number of piperidine rings is 1. The van der Waals surface area contributed by atoms with Crippen LogP contribution in [0.2, 0.25) is 0 Å². The maximum atomic E-state index is 12.8. The first-order valence-electron chi connectivity index (χ1n) is 8.07. The Kier molecular flexibility index (Phi) is 6.80. The fraction of sp³-hybridized carbons (Fsp3) is 0.529. The number of ether oxygens (including phenoxy) is 1. The van der Waals surface area contributed by atoms with E-state index < -0.39 is 47.9 Å². The van der Waals surface area contributed by atoms with Crippen molar-refractivity contribution in [3.8, 4) is 0 Å². The van der Waals surface area contributed by atoms with E-state index in [0.717, 1.165) is 4.90 Å². The normalized spacial score (nSPS) is 19.1. The lowest BCUT2D eigenvalue weighted by Crippen LogP contribution is -2.46. The molecule has 0 radical (unpaired) electrons. The lowest BCUT2D eigenvalue weighted by Gasteiger charge is -2.33. The minimum absolute atomic E-state index is 0.00133. The van der Waals surface area contributed by atoms with Crippen molar-refractivity contribution >= 4 is 22.7 Å². The number of benzene rings is 1. The Morgan fingerprint density at radius 3 is 2.73 bits per heavy atom. The fourth-order valence-corrected chi connectivity index (χ4v) is 3.44. The van der Waals surface area contributed by atoms with E-state index in [4.69, 9.17) is 4.74 Å². The quantitative estimate of drug-likeness (QED) is 0.724. The van der Waals surface area contributed by atoms with E-state index in [9.17, 15) is 27.0 Å². The molecule has 2 rings (SSSR count). The number of alkyl halides is 3. The number of hydrogen-bond donors (Lipinski definition) is 0. The molecule has 1 amide bonds. The molecule has 1 aliphatic rings. The summed E-state index contributed by atoms with van der Waals surface area (Å²) in [4.78, 5) is 25.2. The predicted molar refractivity (Wildman–Crippen MR) is 89.9 cm³/mol. The van der Waals surface area contributed by atoms with Gasteiger partial charge in [-0.05, 0) is 30.5 Å². The topological polar surface area (TPSA) is 63.7 Å². The number of carbonyl (C=O) groups excluding carboxylic acids is 2. The maximum Gasteiger partial charge on any atom is 0.393 e. The van der Waals surface area contributed by atoms with Crippen LogP contribution in [0.4, 0.5) is 13.2 Å². The molecule has 1 saturated heterocycles. The molecule has 0 spiro atoms. The molecule has 1 heterocycles. The Morgan fingerprint density at radius 1 is 1.35 bits per heavy atom. The zero-order chi connectivity index (χ0) is 19.3. The van der Waals surface area contributed by atoms with Crippen LogP contribution in [0.15, 0.2) is 24.3 Å². The summed E-state index contributed by atoms with van der Waals surface area (Å²) < 4.78 is 54.6. The Labute approximate surface area is 152 Å². The highest BCUT2D eigenvalue weighted by Gasteiger charge is 2.42. The van der Waals surface area contributed by atoms with E-state index in [2.05, 4.69) is 0 Å². The highest BCUT2D eigenvalue weighted by atomic mass is 32.2. The molecule has 26 heavy (non-hydrogen) atoms. The highest BCUT2D eigenvalue weighted by Crippen LogP contribution is 2.33. The van der Waals surface area contributed by atoms with Crippen LogP contribution in [0.5, 0.6) is 0 Å². The lowest BCUT2D eigenvalue weighted by molar-refractivity contribution is -0.188. The Balaban J connectivity index is 1.90. The summed E-state index contributed by atoms with van der Waals surface area (Å²) in [6, 6.07) is 6.35. The second-order valence-corrected chi connectivity index (χ2v) is 7.65. The van der Waals surface area contributed by atoms with Gasteiger partial charge in [-0.3, -0.25) is 9.00 Å². The van der Waals surface area contributed by atoms with E-state index >= 15 is 0 Å². The Bertz CT molecular complexity index is 693. The molecule has 0 unspecified atom stereocenters. The molecule has 0 aromatic heterocycles. The van der Waals surface area contributed by atoms with E-state index in [0.29, 0.717) is 5.56 Å². The van der Waals surface area contributed by atoms with Gasteiger partial charge in [-0.25, -0.2) is 4.79 Å². The van der Waals surface area contributed by atoms with Crippen molar-refractivity contribution in [3.63, 3.8) is 0 Å². The summed E-state index contributed by atoms with van der Waals surface area (Å²) in [5, 5.41) is 0. The van der Waals surface area contributed by atoms with Crippen LogP contribution in [0, 0.1) is 5.92 Å². The third kappa shape index (κ3) is 5.82. The van der Waals surface area contributed by atoms with Gasteiger partial charge in [-0.1, -0.05) is 12.1 Å². The fourth-order valence-electron chi connectivity index (χ4n) is 2.80. The molecule has 1 aromatic carbocycles. The van der Waals surface area contributed by atoms with E-state index in [1.54, 1.807) is 12.1 Å². The van der Waals surface area contributed by atoms with Gasteiger partial charge in [0.2, 0.25) is 0 Å². The monoisotopic (exact) mass is 391 g/mol. The van der Waals surface area contributed by atoms with Crippen molar-refractivity contribution in [1.29, 1.82) is 0 Å². The number of halogens is 3. The summed E-state index contributed by atoms with van der Waals surface area (Å²) in [6.45, 7) is -0.786. The largest absolute Gasteiger partial charge is 0.452 e. The number of likely N-dealkylation sites (tertiary alicyclic amines) is 1. The van der Waals surface area contributed by atoms with Gasteiger partial charge in [-0.2, -0.15) is 13.2 Å². The molecular weight excluding hydrogens is 371 g/mol. The summed E-state index contributed by atoms with van der Waals surface area (Å²) in [7, 11) is -1.07. The van der Waals surface area contributed by atoms with Gasteiger partial charge >= 0.3 is 12.1 Å². The first kappa shape index (κ1) is 20.4. The second-order valence-electron chi connectivity index (χ2n) is 6.21. The average molecular weight is 391 g/mol. The van der Waals surface area contributed by atoms with Crippen molar-refractivity contribution in [2.24, 2.45) is 5.92 Å². The molecule has 144 valence electrons. The van der Waals surface area contributed by atoms with Gasteiger partial charge in [0.25, 0.3) is 5.91 Å². The number of rotatable bonds is 5. The zero-order valence-corrected chi connectivity index (χ0v) is 15.1. The molecular formula is C17H20F3NO4S. The predicted octanol–water partition coefficient (Wildman–Crippen LogP) is 2.52. The van der Waals surface area contributed by atoms with Crippen LogP contribution in [-0.4, -0.2) is 53.1 Å². The van der Waals surface area contributed by atoms with E-state index in [1.165, 1.54) is 18.4 Å². The SMILES string of the molecule is C[S@](=O)Cc1cccc(C(=O)OCC(=O)N2CCC[C@@H](C(F)(F)F)C2)c1. The average Bonchev–Trinajstić information content (AvgIpc) is 2.58. The Hall–Kier alpha value is -1.90. The second kappa shape index (κ2) is 8.66. The van der Waals surface area contributed by atoms with Gasteiger partial charge in [0.05, 0.1) is 11.5 Å². The Morgan fingerprint density at radius 2 is 2.08 bits per heavy atom. The number of esters is 1. The van der Waals surface area contributed by atoms with E-state index in [-0.39, 0.29) is 30.7 Å². The number of amides is 1. The standard InChI is InChI=1S/C17H20F3NO4S/c1-26(24)11-12-4-2-5-13(8-12)16(23)25-10-15(22)21-7-3-6-14(9-21)17(18,19)20/h2,4-5,8,14H,3,6-7,9-11H2,1H3/t14-,26+/m1/s1. The number of nitrogens with zero attached hydrogens (tertiary/aromatic N) is 1. The maximum absolute atomic E-state index is 12.8. The minimum atomic E-state index is -4.34. The molecule has 2 atom stereocenters. The summed E-state index contributed by atoms with van der Waals surface area (Å²) in [6.07, 6.45) is -2.54. The summed E-state index contributed by atoms with van der Waals surface area (Å²) in [5.74, 6) is -2.64. The molecule has 5 nitrogen and oxygen atoms in total. The van der Waals surface area contributed by atoms with Crippen molar-refractivity contribution < 1.29 is 31.7 Å². The highest BCUT2D eigenvalue weighted by molar-refractivity contribution is 7.83. The molecule has 0 aliphatic carbocycles. The van der Waals surface area contributed by atoms with Crippen molar-refractivity contribution in [2.45, 2.75) is 24.8 Å². The van der Waals surface area contributed by atoms with Crippen LogP contribution >= 0.6 is 0 Å². The molecule has 1 aliphatic heterocycles. The van der Waals surface area contributed by atoms with Gasteiger partial charge in [0, 0.05) is 35.9 Å². The third-order valence-electron chi connectivity index (χ3n) is 4.10. The van der Waals surface area contributed by atoms with Crippen LogP contribution < -0.4 is 0 Å². The molecule has 9 heteroatoms. The van der Waals surface area contributed by atoms with Crippen molar-refractivity contribution in [3.05, 3.63) is 35.4 Å². The van der Waals surface area contributed by atoms with Gasteiger partial charge in [-0.15, -0.1) is 0 Å². The molecule has 0 saturated carbocycles. The molecule has 1 aromatic rings. The number of carbonyl (C=O) groups is 2. The molecule has 0 bridgehead atoms. The third-order valence-corrected chi connectivity index (χ3v) is 4.84. The van der Waals surface area contributed by atoms with Crippen molar-refractivity contribution in [1.82, 2.24) is 4.90 Å². The van der Waals surface area contributed by atoms with E-state index in [1.807, 2.05) is 0 Å². The first-order chi connectivity index (χ1) is 12.2. The zero-order valence-electron chi connectivity index (χ0n) is 14.3. The van der Waals surface area contributed by atoms with Crippen LogP contribution in [0.1, 0.15) is 28.8 Å². The smallest absolute Gasteiger partial charge is 0.393 e. The number of hydrogen-bond acceptors (Lipinski definition) is 4. The molecule has 1 fully saturated rings. The van der Waals surface area contributed by atoms with Crippen molar-refractivity contribution in [2.75, 3.05) is 26.0 Å².